The molecule has 7 N–H and O–H groups in total. The summed E-state index contributed by atoms with van der Waals surface area (Å²) in [6.07, 6.45) is 1.19. The van der Waals surface area contributed by atoms with Crippen LogP contribution in [0.1, 0.15) is 96.7 Å². The molecule has 3 aromatic heterocycles. The van der Waals surface area contributed by atoms with Gasteiger partial charge in [-0.3, -0.25) is 37.1 Å². The molecule has 11 rings (SSSR count). The number of anilines is 3. The highest BCUT2D eigenvalue weighted by Gasteiger charge is 2.46. The van der Waals surface area contributed by atoms with E-state index in [1.807, 2.05) is 20.8 Å². The van der Waals surface area contributed by atoms with E-state index in [0.29, 0.717) is 43.2 Å². The summed E-state index contributed by atoms with van der Waals surface area (Å²) >= 11 is 0. The fourth-order valence-electron chi connectivity index (χ4n) is 8.26. The fraction of sp³-hybridized carbons (Fsp3) is 0.361. The molecule has 4 fully saturated rings. The van der Waals surface area contributed by atoms with E-state index in [2.05, 4.69) is 52.0 Å². The van der Waals surface area contributed by atoms with E-state index < -0.39 is 135 Å². The zero-order valence-corrected chi connectivity index (χ0v) is 54.7. The maximum atomic E-state index is 14.2. The lowest BCUT2D eigenvalue weighted by Gasteiger charge is -2.15. The SMILES string of the molecule is C=C1N=CC(F)=C(NC(=O)c2ccccc2)N1.CC[C@H]1OCC(OC(C)=O)O1.CC[C@H]1OC[C@@H](n2cc(F)c(NC(=O)c3ccccc3)nc2=O)O1.CC[C@H]1OC[C@@H](n2cc(F)c(NC(=O)c3ccccc3)nc2=O)O1.COS(=O)(=O)C(F)(F)F.Nc1nc(=O)n([C@@H]2CO[C@H](CO)O2)cc1F. The van der Waals surface area contributed by atoms with Crippen molar-refractivity contribution in [1.29, 1.82) is 0 Å². The van der Waals surface area contributed by atoms with Gasteiger partial charge in [-0.15, -0.1) is 0 Å². The highest BCUT2D eigenvalue weighted by molar-refractivity contribution is 7.87. The highest BCUT2D eigenvalue weighted by Crippen LogP contribution is 2.26. The maximum Gasteiger partial charge on any atom is 0.523 e. The summed E-state index contributed by atoms with van der Waals surface area (Å²) in [5.74, 6) is -6.01. The number of alkyl halides is 3. The number of nitrogens with zero attached hydrogens (tertiary/aromatic N) is 7. The summed E-state index contributed by atoms with van der Waals surface area (Å²) in [7, 11) is -4.89. The minimum Gasteiger partial charge on any atom is -0.433 e. The summed E-state index contributed by atoms with van der Waals surface area (Å²) in [5, 5.41) is 18.3. The molecule has 5 aliphatic rings. The Kier molecular flexibility index (Phi) is 30.1. The van der Waals surface area contributed by atoms with Crippen molar-refractivity contribution in [3.05, 3.63) is 199 Å². The van der Waals surface area contributed by atoms with E-state index in [1.165, 1.54) is 6.92 Å². The molecule has 1 unspecified atom stereocenters. The van der Waals surface area contributed by atoms with Gasteiger partial charge in [0.2, 0.25) is 6.29 Å². The molecular formula is C61H67F7N12O20S. The number of hydrogen-bond acceptors (Lipinski definition) is 26. The first kappa shape index (κ1) is 80.0. The summed E-state index contributed by atoms with van der Waals surface area (Å²) < 4.78 is 160. The molecule has 546 valence electrons. The number of carbonyl (C=O) groups excluding carboxylic acids is 4. The van der Waals surface area contributed by atoms with Crippen LogP contribution in [-0.2, 0) is 61.7 Å². The van der Waals surface area contributed by atoms with Crippen LogP contribution in [0.2, 0.25) is 0 Å². The van der Waals surface area contributed by atoms with Gasteiger partial charge in [-0.2, -0.15) is 36.5 Å². The second-order valence-electron chi connectivity index (χ2n) is 20.4. The van der Waals surface area contributed by atoms with Gasteiger partial charge in [-0.25, -0.2) is 36.9 Å². The largest absolute Gasteiger partial charge is 0.523 e. The van der Waals surface area contributed by atoms with E-state index in [9.17, 15) is 72.7 Å². The molecule has 0 saturated carbocycles. The molecule has 0 radical (unpaired) electrons. The second kappa shape index (κ2) is 38.0. The monoisotopic (exact) mass is 1450 g/mol. The molecule has 4 saturated heterocycles. The number of halogens is 7. The van der Waals surface area contributed by atoms with Crippen molar-refractivity contribution in [1.82, 2.24) is 39.3 Å². The number of allylic oxidation sites excluding steroid dienone is 1. The lowest BCUT2D eigenvalue weighted by atomic mass is 10.2. The zero-order chi connectivity index (χ0) is 74.1. The molecule has 3 amide bonds. The van der Waals surface area contributed by atoms with Crippen LogP contribution in [-0.4, -0.2) is 149 Å². The van der Waals surface area contributed by atoms with E-state index >= 15 is 0 Å². The van der Waals surface area contributed by atoms with E-state index in [1.54, 1.807) is 91.0 Å². The number of benzene rings is 3. The van der Waals surface area contributed by atoms with Crippen molar-refractivity contribution >= 4 is 57.5 Å². The molecule has 8 heterocycles. The predicted molar refractivity (Wildman–Crippen MR) is 337 cm³/mol. The number of aliphatic imine (C=N–C) groups is 1. The average molecular weight is 1450 g/mol. The summed E-state index contributed by atoms with van der Waals surface area (Å²) in [6.45, 7) is 10.9. The summed E-state index contributed by atoms with van der Waals surface area (Å²) in [4.78, 5) is 95.9. The van der Waals surface area contributed by atoms with Gasteiger partial charge < -0.3 is 74.7 Å². The van der Waals surface area contributed by atoms with Crippen LogP contribution >= 0.6 is 0 Å². The number of rotatable bonds is 15. The minimum atomic E-state index is -5.34. The van der Waals surface area contributed by atoms with Crippen LogP contribution in [0, 0.1) is 17.5 Å². The maximum absolute atomic E-state index is 14.2. The van der Waals surface area contributed by atoms with Gasteiger partial charge in [-0.1, -0.05) is 81.9 Å². The fourth-order valence-corrected chi connectivity index (χ4v) is 8.45. The second-order valence-corrected chi connectivity index (χ2v) is 22.1. The average Bonchev–Trinajstić information content (AvgIpc) is 1.76. The number of carbonyl (C=O) groups is 4. The molecule has 101 heavy (non-hydrogen) atoms. The van der Waals surface area contributed by atoms with Crippen LogP contribution < -0.4 is 44.1 Å². The van der Waals surface area contributed by atoms with Gasteiger partial charge >= 0.3 is 38.7 Å². The third-order valence-electron chi connectivity index (χ3n) is 13.2. The van der Waals surface area contributed by atoms with Gasteiger partial charge in [-0.05, 0) is 55.7 Å². The number of aromatic nitrogens is 6. The number of esters is 1. The molecule has 3 aromatic carbocycles. The van der Waals surface area contributed by atoms with Crippen molar-refractivity contribution in [2.24, 2.45) is 4.99 Å². The highest BCUT2D eigenvalue weighted by atomic mass is 32.2. The first-order valence-corrected chi connectivity index (χ1v) is 31.2. The van der Waals surface area contributed by atoms with E-state index in [4.69, 9.17) is 53.5 Å². The molecule has 8 atom stereocenters. The standard InChI is InChI=1S/2C16H16FN3O4.C12H10FN3O.C8H10FN3O4.C7H12O4.C2H3F3O3S/c2*1-2-13-23-9-12(24-13)20-8-11(17)14(19-16(20)22)18-15(21)10-6-4-3-5-7-10;1-8-14-7-10(13)11(15-8)16-12(17)9-5-3-2-4-6-9;9-4-1-12(8(14)11-7(4)10)5-3-15-6(2-13)16-5;1-3-6-9-4-7(11-6)10-5(2)8;1-8-9(6,7)2(3,4)5/h2*3-8,12-13H,2,9H2,1H3,(H,18,19,21,22);2-7,15H,1H2,(H,16,17);1,5-6,13H,2-3H2,(H2,10,11,14);6-7H,3-4H2,1-2H3;1H3/t2*12-,13-;;5-,6-;6-,7?;/m00.00./s1. The van der Waals surface area contributed by atoms with E-state index in [0.717, 1.165) is 44.9 Å². The Morgan fingerprint density at radius 3 is 1.35 bits per heavy atom. The van der Waals surface area contributed by atoms with Crippen molar-refractivity contribution in [2.75, 3.05) is 56.5 Å². The van der Waals surface area contributed by atoms with Crippen molar-refractivity contribution < 1.29 is 110 Å². The van der Waals surface area contributed by atoms with Crippen LogP contribution in [0.5, 0.6) is 0 Å². The minimum absolute atomic E-state index is 0.0379. The number of amides is 3. The third-order valence-corrected chi connectivity index (χ3v) is 14.2. The molecule has 0 aliphatic carbocycles. The molecule has 6 aromatic rings. The number of nitrogens with two attached hydrogens (primary N) is 1. The normalized spacial score (nSPS) is 20.5. The summed E-state index contributed by atoms with van der Waals surface area (Å²) in [5.41, 5.74) is -1.25. The van der Waals surface area contributed by atoms with Crippen molar-refractivity contribution in [3.63, 3.8) is 0 Å². The summed E-state index contributed by atoms with van der Waals surface area (Å²) in [6, 6.07) is 25.0. The first-order chi connectivity index (χ1) is 48.0. The third kappa shape index (κ3) is 23.8. The Hall–Kier alpha value is -10.0. The molecule has 40 heteroatoms. The van der Waals surface area contributed by atoms with Crippen molar-refractivity contribution in [2.45, 2.75) is 103 Å². The quantitative estimate of drug-likeness (QED) is 0.0320. The van der Waals surface area contributed by atoms with Gasteiger partial charge in [0.15, 0.2) is 84.6 Å². The predicted octanol–water partition coefficient (Wildman–Crippen LogP) is 5.50. The number of aliphatic hydroxyl groups is 1. The zero-order valence-electron chi connectivity index (χ0n) is 53.9. The van der Waals surface area contributed by atoms with Gasteiger partial charge in [0, 0.05) is 23.6 Å². The Bertz CT molecular complexity index is 4050. The number of aliphatic hydroxyl groups excluding tert-OH is 1. The van der Waals surface area contributed by atoms with Gasteiger partial charge in [0.25, 0.3) is 17.7 Å². The Balaban J connectivity index is 0.000000197. The topological polar surface area (TPSA) is 406 Å². The molecule has 0 spiro atoms. The number of nitrogen functional groups attached to an aromatic ring is 1. The van der Waals surface area contributed by atoms with Gasteiger partial charge in [0.1, 0.15) is 18.2 Å². The van der Waals surface area contributed by atoms with Crippen LogP contribution in [0.3, 0.4) is 0 Å². The van der Waals surface area contributed by atoms with Crippen LogP contribution in [0.15, 0.2) is 153 Å². The number of ether oxygens (including phenoxy) is 9. The van der Waals surface area contributed by atoms with Crippen LogP contribution in [0.25, 0.3) is 0 Å². The molecular weight excluding hydrogens is 1390 g/mol. The lowest BCUT2D eigenvalue weighted by molar-refractivity contribution is -0.173. The number of nitrogens with one attached hydrogen (secondary N) is 4. The Labute approximate surface area is 568 Å². The molecule has 5 aliphatic heterocycles. The Morgan fingerprint density at radius 2 is 0.990 bits per heavy atom. The molecule has 0 bridgehead atoms. The first-order valence-electron chi connectivity index (χ1n) is 29.8. The van der Waals surface area contributed by atoms with Crippen molar-refractivity contribution in [3.8, 4) is 0 Å². The van der Waals surface area contributed by atoms with Crippen LogP contribution in [0.4, 0.5) is 48.2 Å². The smallest absolute Gasteiger partial charge is 0.433 e. The number of hydrogen-bond donors (Lipinski definition) is 6. The van der Waals surface area contributed by atoms with Gasteiger partial charge in [0.05, 0.1) is 58.3 Å². The van der Waals surface area contributed by atoms with E-state index in [-0.39, 0.29) is 50.3 Å². The lowest BCUT2D eigenvalue weighted by Crippen LogP contribution is -2.33. The Morgan fingerprint density at radius 1 is 0.614 bits per heavy atom. The molecule has 32 nitrogen and oxygen atoms in total.